The fourth-order valence-corrected chi connectivity index (χ4v) is 4.06. The van der Waals surface area contributed by atoms with E-state index in [9.17, 15) is 9.59 Å². The number of H-pyrrole nitrogens is 1. The Hall–Kier alpha value is -2.87. The van der Waals surface area contributed by atoms with Crippen LogP contribution >= 0.6 is 23.2 Å². The van der Waals surface area contributed by atoms with Gasteiger partial charge in [-0.15, -0.1) is 0 Å². The third-order valence-corrected chi connectivity index (χ3v) is 5.63. The van der Waals surface area contributed by atoms with E-state index in [0.717, 1.165) is 11.4 Å². The summed E-state index contributed by atoms with van der Waals surface area (Å²) in [7, 11) is 0. The predicted octanol–water partition coefficient (Wildman–Crippen LogP) is 3.84. The molecular weight excluding hydrogens is 427 g/mol. The predicted molar refractivity (Wildman–Crippen MR) is 112 cm³/mol. The molecule has 0 bridgehead atoms. The van der Waals surface area contributed by atoms with Gasteiger partial charge in [0.25, 0.3) is 11.8 Å². The largest absolute Gasteiger partial charge is 0.346 e. The Morgan fingerprint density at radius 1 is 1.20 bits per heavy atom. The number of nitrogens with one attached hydrogen (secondary N) is 3. The fraction of sp³-hybridized carbons (Fsp3) is 0.190. The number of imidazole rings is 1. The molecule has 3 aromatic rings. The van der Waals surface area contributed by atoms with Crippen LogP contribution in [0.1, 0.15) is 44.8 Å². The summed E-state index contributed by atoms with van der Waals surface area (Å²) in [4.78, 5) is 38.3. The van der Waals surface area contributed by atoms with Crippen molar-refractivity contribution in [3.63, 3.8) is 0 Å². The molecule has 0 saturated heterocycles. The van der Waals surface area contributed by atoms with E-state index in [1.165, 1.54) is 0 Å². The zero-order chi connectivity index (χ0) is 21.3. The van der Waals surface area contributed by atoms with Crippen molar-refractivity contribution < 1.29 is 14.4 Å². The molecule has 2 amide bonds. The van der Waals surface area contributed by atoms with Gasteiger partial charge < -0.3 is 10.3 Å². The van der Waals surface area contributed by atoms with Crippen LogP contribution in [-0.2, 0) is 16.2 Å². The number of nitrogens with zero attached hydrogens (tertiary/aromatic N) is 1. The SMILES string of the molecule is Cc1nc[nH]c1CONC(=O)[C@@H]1c2ccccc2C(=O)N[C@H]1c1ccc(Cl)cc1Cl. The molecule has 3 N–H and O–H groups in total. The normalized spacial score (nSPS) is 17.9. The Balaban J connectivity index is 1.64. The molecule has 0 spiro atoms. The first-order valence-electron chi connectivity index (χ1n) is 9.21. The molecule has 1 aliphatic heterocycles. The second kappa shape index (κ2) is 8.47. The number of rotatable bonds is 5. The van der Waals surface area contributed by atoms with Crippen molar-refractivity contribution in [2.45, 2.75) is 25.5 Å². The zero-order valence-corrected chi connectivity index (χ0v) is 17.4. The molecule has 154 valence electrons. The highest BCUT2D eigenvalue weighted by atomic mass is 35.5. The maximum atomic E-state index is 13.2. The first-order valence-corrected chi connectivity index (χ1v) is 9.96. The molecule has 0 saturated carbocycles. The van der Waals surface area contributed by atoms with Crippen LogP contribution in [-0.4, -0.2) is 21.8 Å². The van der Waals surface area contributed by atoms with Crippen LogP contribution in [0.4, 0.5) is 0 Å². The van der Waals surface area contributed by atoms with Crippen LogP contribution in [0.15, 0.2) is 48.8 Å². The van der Waals surface area contributed by atoms with Gasteiger partial charge >= 0.3 is 0 Å². The van der Waals surface area contributed by atoms with Gasteiger partial charge in [-0.1, -0.05) is 47.5 Å². The number of aryl methyl sites for hydroxylation is 1. The third-order valence-electron chi connectivity index (χ3n) is 5.06. The Labute approximate surface area is 182 Å². The number of hydroxylamine groups is 1. The number of benzene rings is 2. The molecule has 2 atom stereocenters. The van der Waals surface area contributed by atoms with Crippen molar-refractivity contribution in [3.8, 4) is 0 Å². The molecule has 7 nitrogen and oxygen atoms in total. The minimum atomic E-state index is -0.750. The summed E-state index contributed by atoms with van der Waals surface area (Å²) in [5.74, 6) is -1.43. The van der Waals surface area contributed by atoms with Crippen LogP contribution in [0.3, 0.4) is 0 Å². The van der Waals surface area contributed by atoms with Crippen molar-refractivity contribution in [1.29, 1.82) is 0 Å². The van der Waals surface area contributed by atoms with Crippen molar-refractivity contribution in [1.82, 2.24) is 20.8 Å². The number of aromatic amines is 1. The third kappa shape index (κ3) is 3.92. The lowest BCUT2D eigenvalue weighted by molar-refractivity contribution is -0.137. The second-order valence-corrected chi connectivity index (χ2v) is 7.75. The molecular formula is C21H18Cl2N4O3. The van der Waals surface area contributed by atoms with E-state index < -0.39 is 17.9 Å². The van der Waals surface area contributed by atoms with Gasteiger partial charge in [0.05, 0.1) is 29.7 Å². The van der Waals surface area contributed by atoms with E-state index in [0.29, 0.717) is 26.7 Å². The lowest BCUT2D eigenvalue weighted by Crippen LogP contribution is -2.44. The summed E-state index contributed by atoms with van der Waals surface area (Å²) in [6.45, 7) is 1.97. The smallest absolute Gasteiger partial charge is 0.253 e. The molecule has 0 aliphatic carbocycles. The zero-order valence-electron chi connectivity index (χ0n) is 15.9. The van der Waals surface area contributed by atoms with Crippen LogP contribution in [0.25, 0.3) is 0 Å². The topological polar surface area (TPSA) is 96.1 Å². The molecule has 4 rings (SSSR count). The van der Waals surface area contributed by atoms with E-state index in [-0.39, 0.29) is 12.5 Å². The van der Waals surface area contributed by atoms with Crippen molar-refractivity contribution >= 4 is 35.0 Å². The highest BCUT2D eigenvalue weighted by molar-refractivity contribution is 6.35. The first kappa shape index (κ1) is 20.4. The Morgan fingerprint density at radius 2 is 2.00 bits per heavy atom. The number of carbonyl (C=O) groups is 2. The van der Waals surface area contributed by atoms with Crippen molar-refractivity contribution in [3.05, 3.63) is 86.9 Å². The summed E-state index contributed by atoms with van der Waals surface area (Å²) in [5.41, 5.74) is 5.65. The number of fused-ring (bicyclic) bond motifs is 1. The van der Waals surface area contributed by atoms with Crippen LogP contribution in [0, 0.1) is 6.92 Å². The van der Waals surface area contributed by atoms with Gasteiger partial charge in [-0.05, 0) is 36.2 Å². The molecule has 2 aromatic carbocycles. The summed E-state index contributed by atoms with van der Waals surface area (Å²) in [6, 6.07) is 11.2. The van der Waals surface area contributed by atoms with Gasteiger partial charge in [0, 0.05) is 15.6 Å². The maximum absolute atomic E-state index is 13.2. The fourth-order valence-electron chi connectivity index (χ4n) is 3.54. The number of aromatic nitrogens is 2. The number of halogens is 2. The molecule has 0 unspecified atom stereocenters. The molecule has 2 heterocycles. The number of carbonyl (C=O) groups excluding carboxylic acids is 2. The molecule has 30 heavy (non-hydrogen) atoms. The minimum Gasteiger partial charge on any atom is -0.346 e. The van der Waals surface area contributed by atoms with Crippen molar-refractivity contribution in [2.24, 2.45) is 0 Å². The van der Waals surface area contributed by atoms with E-state index >= 15 is 0 Å². The highest BCUT2D eigenvalue weighted by Gasteiger charge is 2.40. The molecule has 1 aliphatic rings. The van der Waals surface area contributed by atoms with Gasteiger partial charge in [0.15, 0.2) is 0 Å². The first-order chi connectivity index (χ1) is 14.5. The Morgan fingerprint density at radius 3 is 2.73 bits per heavy atom. The van der Waals surface area contributed by atoms with Crippen molar-refractivity contribution in [2.75, 3.05) is 0 Å². The van der Waals surface area contributed by atoms with Gasteiger partial charge in [0.2, 0.25) is 0 Å². The lowest BCUT2D eigenvalue weighted by atomic mass is 9.80. The van der Waals surface area contributed by atoms with Gasteiger partial charge in [-0.3, -0.25) is 14.4 Å². The minimum absolute atomic E-state index is 0.130. The number of hydrogen-bond acceptors (Lipinski definition) is 4. The molecule has 1 aromatic heterocycles. The van der Waals surface area contributed by atoms with Gasteiger partial charge in [-0.25, -0.2) is 10.5 Å². The quantitative estimate of drug-likeness (QED) is 0.520. The van der Waals surface area contributed by atoms with E-state index in [1.807, 2.05) is 6.92 Å². The molecule has 9 heteroatoms. The van der Waals surface area contributed by atoms with Gasteiger partial charge in [0.1, 0.15) is 6.61 Å². The average Bonchev–Trinajstić information content (AvgIpc) is 3.12. The summed E-state index contributed by atoms with van der Waals surface area (Å²) in [6.07, 6.45) is 1.56. The summed E-state index contributed by atoms with van der Waals surface area (Å²) < 4.78 is 0. The monoisotopic (exact) mass is 444 g/mol. The standard InChI is InChI=1S/C21H18Cl2N4O3/c1-11-17(25-10-24-11)9-30-27-21(29)18-13-4-2-3-5-14(13)20(28)26-19(18)15-7-6-12(22)8-16(15)23/h2-8,10,18-19H,9H2,1H3,(H,24,25)(H,26,28)(H,27,29)/t18-,19+/m1/s1. The van der Waals surface area contributed by atoms with E-state index in [4.69, 9.17) is 28.0 Å². The second-order valence-electron chi connectivity index (χ2n) is 6.90. The number of hydrogen-bond donors (Lipinski definition) is 3. The van der Waals surface area contributed by atoms with E-state index in [1.54, 1.807) is 48.8 Å². The van der Waals surface area contributed by atoms with Crippen LogP contribution < -0.4 is 10.8 Å². The maximum Gasteiger partial charge on any atom is 0.253 e. The molecule has 0 radical (unpaired) electrons. The van der Waals surface area contributed by atoms with Gasteiger partial charge in [-0.2, -0.15) is 0 Å². The Bertz CT molecular complexity index is 1120. The number of amides is 2. The van der Waals surface area contributed by atoms with Crippen LogP contribution in [0.2, 0.25) is 10.0 Å². The van der Waals surface area contributed by atoms with E-state index in [2.05, 4.69) is 20.8 Å². The summed E-state index contributed by atoms with van der Waals surface area (Å²) in [5, 5.41) is 3.72. The summed E-state index contributed by atoms with van der Waals surface area (Å²) >= 11 is 12.4. The Kier molecular flexibility index (Phi) is 5.76. The lowest BCUT2D eigenvalue weighted by Gasteiger charge is -2.33. The highest BCUT2D eigenvalue weighted by Crippen LogP contribution is 2.40. The van der Waals surface area contributed by atoms with Crippen LogP contribution in [0.5, 0.6) is 0 Å². The average molecular weight is 445 g/mol. The molecule has 0 fully saturated rings.